The van der Waals surface area contributed by atoms with Gasteiger partial charge in [-0.1, -0.05) is 29.3 Å². The summed E-state index contributed by atoms with van der Waals surface area (Å²) in [5, 5.41) is 0.343. The molecule has 0 bridgehead atoms. The lowest BCUT2D eigenvalue weighted by atomic mass is 10.1. The van der Waals surface area contributed by atoms with Crippen LogP contribution in [0.4, 0.5) is 0 Å². The summed E-state index contributed by atoms with van der Waals surface area (Å²) in [6.07, 6.45) is 0. The summed E-state index contributed by atoms with van der Waals surface area (Å²) in [5.41, 5.74) is 1.82. The molecule has 6 heteroatoms. The second-order valence-electron chi connectivity index (χ2n) is 4.44. The van der Waals surface area contributed by atoms with Gasteiger partial charge in [0.1, 0.15) is 10.6 Å². The Morgan fingerprint density at radius 3 is 2.15 bits per heavy atom. The molecule has 2 aromatic carbocycles. The molecule has 0 radical (unpaired) electrons. The molecule has 2 rings (SSSR count). The molecule has 0 fully saturated rings. The molecule has 20 heavy (non-hydrogen) atoms. The van der Waals surface area contributed by atoms with Crippen molar-refractivity contribution in [3.05, 3.63) is 57.6 Å². The third kappa shape index (κ3) is 3.45. The van der Waals surface area contributed by atoms with Crippen LogP contribution in [-0.4, -0.2) is 8.42 Å². The highest BCUT2D eigenvalue weighted by atomic mass is 35.5. The maximum Gasteiger partial charge on any atom is 0.340 e. The highest BCUT2D eigenvalue weighted by Crippen LogP contribution is 2.28. The zero-order chi connectivity index (χ0) is 14.9. The number of benzene rings is 2. The predicted molar refractivity (Wildman–Crippen MR) is 80.2 cm³/mol. The molecule has 0 heterocycles. The Balaban J connectivity index is 2.43. The van der Waals surface area contributed by atoms with Crippen LogP contribution in [0.25, 0.3) is 0 Å². The molecule has 0 aliphatic rings. The van der Waals surface area contributed by atoms with Crippen LogP contribution < -0.4 is 4.18 Å². The number of halogens is 2. The minimum absolute atomic E-state index is 0.0683. The van der Waals surface area contributed by atoms with Crippen LogP contribution in [0.1, 0.15) is 11.1 Å². The van der Waals surface area contributed by atoms with Gasteiger partial charge in [0.15, 0.2) is 0 Å². The average molecular weight is 331 g/mol. The van der Waals surface area contributed by atoms with Crippen LogP contribution in [0.3, 0.4) is 0 Å². The second kappa shape index (κ2) is 5.64. The van der Waals surface area contributed by atoms with Crippen LogP contribution in [0.5, 0.6) is 5.75 Å². The molecule has 3 nitrogen and oxygen atoms in total. The van der Waals surface area contributed by atoms with E-state index in [0.29, 0.717) is 0 Å². The van der Waals surface area contributed by atoms with Crippen LogP contribution >= 0.6 is 23.2 Å². The van der Waals surface area contributed by atoms with E-state index in [1.165, 1.54) is 18.2 Å². The molecular weight excluding hydrogens is 319 g/mol. The van der Waals surface area contributed by atoms with E-state index in [0.717, 1.165) is 11.1 Å². The van der Waals surface area contributed by atoms with E-state index in [1.54, 1.807) is 12.1 Å². The minimum Gasteiger partial charge on any atom is -0.379 e. The average Bonchev–Trinajstić information content (AvgIpc) is 2.30. The third-order valence-corrected chi connectivity index (χ3v) is 4.53. The summed E-state index contributed by atoms with van der Waals surface area (Å²) in [6.45, 7) is 3.72. The van der Waals surface area contributed by atoms with Crippen LogP contribution in [0.2, 0.25) is 10.0 Å². The van der Waals surface area contributed by atoms with Crippen molar-refractivity contribution in [1.29, 1.82) is 0 Å². The first-order valence-electron chi connectivity index (χ1n) is 5.76. The van der Waals surface area contributed by atoms with E-state index in [9.17, 15) is 8.42 Å². The van der Waals surface area contributed by atoms with Gasteiger partial charge in [0, 0.05) is 5.02 Å². The van der Waals surface area contributed by atoms with Crippen LogP contribution in [0.15, 0.2) is 41.3 Å². The molecule has 0 saturated carbocycles. The van der Waals surface area contributed by atoms with Gasteiger partial charge in [-0.15, -0.1) is 0 Å². The summed E-state index contributed by atoms with van der Waals surface area (Å²) in [4.78, 5) is -0.147. The highest BCUT2D eigenvalue weighted by Gasteiger charge is 2.21. The SMILES string of the molecule is Cc1cc(C)cc(OS(=O)(=O)c2cc(Cl)ccc2Cl)c1. The van der Waals surface area contributed by atoms with Crippen molar-refractivity contribution in [3.8, 4) is 5.75 Å². The number of rotatable bonds is 3. The molecule has 0 aromatic heterocycles. The van der Waals surface area contributed by atoms with Crippen molar-refractivity contribution in [2.75, 3.05) is 0 Å². The van der Waals surface area contributed by atoms with Gasteiger partial charge in [0.2, 0.25) is 0 Å². The minimum atomic E-state index is -4.02. The predicted octanol–water partition coefficient (Wildman–Crippen LogP) is 4.38. The first kappa shape index (κ1) is 15.2. The monoisotopic (exact) mass is 330 g/mol. The van der Waals surface area contributed by atoms with E-state index < -0.39 is 10.1 Å². The lowest BCUT2D eigenvalue weighted by molar-refractivity contribution is 0.486. The maximum atomic E-state index is 12.2. The molecular formula is C14H12Cl2O3S. The van der Waals surface area contributed by atoms with Crippen molar-refractivity contribution in [2.45, 2.75) is 18.7 Å². The summed E-state index contributed by atoms with van der Waals surface area (Å²) in [7, 11) is -4.02. The smallest absolute Gasteiger partial charge is 0.340 e. The summed E-state index contributed by atoms with van der Waals surface area (Å²) in [5.74, 6) is 0.249. The third-order valence-electron chi connectivity index (χ3n) is 2.56. The van der Waals surface area contributed by atoms with E-state index in [-0.39, 0.29) is 20.7 Å². The first-order chi connectivity index (χ1) is 9.28. The maximum absolute atomic E-state index is 12.2. The Morgan fingerprint density at radius 2 is 1.55 bits per heavy atom. The van der Waals surface area contributed by atoms with Crippen molar-refractivity contribution < 1.29 is 12.6 Å². The largest absolute Gasteiger partial charge is 0.379 e. The standard InChI is InChI=1S/C14H12Cl2O3S/c1-9-5-10(2)7-12(6-9)19-20(17,18)14-8-11(15)3-4-13(14)16/h3-8H,1-2H3. The highest BCUT2D eigenvalue weighted by molar-refractivity contribution is 7.87. The van der Waals surface area contributed by atoms with Gasteiger partial charge in [-0.05, 0) is 55.3 Å². The fraction of sp³-hybridized carbons (Fsp3) is 0.143. The van der Waals surface area contributed by atoms with Crippen LogP contribution in [-0.2, 0) is 10.1 Å². The Hall–Kier alpha value is -1.23. The first-order valence-corrected chi connectivity index (χ1v) is 7.92. The van der Waals surface area contributed by atoms with Gasteiger partial charge >= 0.3 is 10.1 Å². The lowest BCUT2D eigenvalue weighted by Gasteiger charge is -2.10. The fourth-order valence-electron chi connectivity index (χ4n) is 1.82. The Morgan fingerprint density at radius 1 is 0.950 bits per heavy atom. The van der Waals surface area contributed by atoms with Gasteiger partial charge in [0.25, 0.3) is 0 Å². The molecule has 0 aliphatic heterocycles. The van der Waals surface area contributed by atoms with Crippen LogP contribution in [0, 0.1) is 13.8 Å². The van der Waals surface area contributed by atoms with Crippen molar-refractivity contribution >= 4 is 33.3 Å². The quantitative estimate of drug-likeness (QED) is 0.784. The lowest BCUT2D eigenvalue weighted by Crippen LogP contribution is -2.10. The molecule has 0 amide bonds. The van der Waals surface area contributed by atoms with Gasteiger partial charge in [0.05, 0.1) is 5.02 Å². The summed E-state index contributed by atoms with van der Waals surface area (Å²) in [6, 6.07) is 9.40. The number of aryl methyl sites for hydroxylation is 2. The van der Waals surface area contributed by atoms with Crippen molar-refractivity contribution in [1.82, 2.24) is 0 Å². The topological polar surface area (TPSA) is 43.4 Å². The van der Waals surface area contributed by atoms with Gasteiger partial charge in [-0.25, -0.2) is 0 Å². The molecule has 0 N–H and O–H groups in total. The molecule has 106 valence electrons. The fourth-order valence-corrected chi connectivity index (χ4v) is 3.48. The number of hydrogen-bond donors (Lipinski definition) is 0. The summed E-state index contributed by atoms with van der Waals surface area (Å²) >= 11 is 11.7. The van der Waals surface area contributed by atoms with Gasteiger partial charge in [-0.2, -0.15) is 8.42 Å². The van der Waals surface area contributed by atoms with Crippen molar-refractivity contribution in [3.63, 3.8) is 0 Å². The van der Waals surface area contributed by atoms with E-state index in [1.807, 2.05) is 19.9 Å². The molecule has 0 saturated heterocycles. The zero-order valence-electron chi connectivity index (χ0n) is 10.9. The Labute approximate surface area is 128 Å². The Kier molecular flexibility index (Phi) is 4.28. The molecule has 0 aliphatic carbocycles. The normalized spacial score (nSPS) is 11.4. The van der Waals surface area contributed by atoms with Crippen molar-refractivity contribution in [2.24, 2.45) is 0 Å². The molecule has 0 atom stereocenters. The van der Waals surface area contributed by atoms with E-state index in [2.05, 4.69) is 0 Å². The van der Waals surface area contributed by atoms with E-state index in [4.69, 9.17) is 27.4 Å². The van der Waals surface area contributed by atoms with E-state index >= 15 is 0 Å². The number of hydrogen-bond acceptors (Lipinski definition) is 3. The molecule has 2 aromatic rings. The Bertz CT molecular complexity index is 735. The van der Waals surface area contributed by atoms with Gasteiger partial charge in [-0.3, -0.25) is 0 Å². The van der Waals surface area contributed by atoms with Gasteiger partial charge < -0.3 is 4.18 Å². The second-order valence-corrected chi connectivity index (χ2v) is 6.79. The molecule has 0 unspecified atom stereocenters. The summed E-state index contributed by atoms with van der Waals surface area (Å²) < 4.78 is 29.6. The molecule has 0 spiro atoms. The zero-order valence-corrected chi connectivity index (χ0v) is 13.2.